The summed E-state index contributed by atoms with van der Waals surface area (Å²) in [4.78, 5) is 16.6. The van der Waals surface area contributed by atoms with Crippen LogP contribution >= 0.6 is 11.5 Å². The third kappa shape index (κ3) is 3.16. The van der Waals surface area contributed by atoms with Gasteiger partial charge in [-0.25, -0.2) is 4.98 Å². The number of likely N-dealkylation sites (N-methyl/N-ethyl adjacent to an activating group) is 1. The number of nitrogens with one attached hydrogen (secondary N) is 1. The first-order chi connectivity index (χ1) is 14.0. The molecule has 2 atom stereocenters. The van der Waals surface area contributed by atoms with E-state index in [0.29, 0.717) is 24.5 Å². The second-order valence-corrected chi connectivity index (χ2v) is 9.49. The van der Waals surface area contributed by atoms with Crippen LogP contribution < -0.4 is 10.2 Å². The molecular formula is C20H26N8S. The number of piperazine rings is 1. The van der Waals surface area contributed by atoms with Gasteiger partial charge in [-0.05, 0) is 44.9 Å². The lowest BCUT2D eigenvalue weighted by molar-refractivity contribution is -0.0974. The Morgan fingerprint density at radius 2 is 2.07 bits per heavy atom. The van der Waals surface area contributed by atoms with Gasteiger partial charge in [0, 0.05) is 50.0 Å². The Bertz CT molecular complexity index is 948. The van der Waals surface area contributed by atoms with E-state index in [2.05, 4.69) is 42.5 Å². The average molecular weight is 411 g/mol. The summed E-state index contributed by atoms with van der Waals surface area (Å²) >= 11 is 1.41. The number of aromatic nitrogens is 3. The molecule has 2 bridgehead atoms. The number of rotatable bonds is 5. The quantitative estimate of drug-likeness (QED) is 0.803. The normalized spacial score (nSPS) is 25.8. The maximum Gasteiger partial charge on any atom is 0.229 e. The van der Waals surface area contributed by atoms with Crippen LogP contribution in [0, 0.1) is 25.2 Å². The molecule has 1 N–H and O–H groups in total. The molecule has 2 aromatic rings. The molecule has 0 saturated carbocycles. The molecule has 4 aliphatic heterocycles. The molecule has 0 radical (unpaired) electrons. The number of fused-ring (bicyclic) bond motifs is 2. The number of hydrogen-bond donors (Lipinski definition) is 1. The summed E-state index contributed by atoms with van der Waals surface area (Å²) in [6, 6.07) is 5.74. The van der Waals surface area contributed by atoms with Crippen LogP contribution in [-0.4, -0.2) is 75.0 Å². The predicted molar refractivity (Wildman–Crippen MR) is 114 cm³/mol. The number of hydrogen-bond acceptors (Lipinski definition) is 9. The van der Waals surface area contributed by atoms with Gasteiger partial charge < -0.3 is 10.2 Å². The topological polar surface area (TPSA) is 84.2 Å². The lowest BCUT2D eigenvalue weighted by Gasteiger charge is -2.63. The summed E-state index contributed by atoms with van der Waals surface area (Å²) in [5, 5.41) is 13.7. The van der Waals surface area contributed by atoms with Crippen LogP contribution in [0.5, 0.6) is 0 Å². The van der Waals surface area contributed by atoms with Gasteiger partial charge in [-0.1, -0.05) is 0 Å². The molecule has 0 amide bonds. The zero-order chi connectivity index (χ0) is 20.2. The van der Waals surface area contributed by atoms with Crippen molar-refractivity contribution in [3.8, 4) is 6.07 Å². The van der Waals surface area contributed by atoms with E-state index in [-0.39, 0.29) is 5.54 Å². The van der Waals surface area contributed by atoms with Gasteiger partial charge in [-0.3, -0.25) is 9.80 Å². The highest BCUT2D eigenvalue weighted by molar-refractivity contribution is 7.10. The smallest absolute Gasteiger partial charge is 0.229 e. The molecule has 4 aliphatic rings. The van der Waals surface area contributed by atoms with Crippen LogP contribution in [0.15, 0.2) is 12.3 Å². The van der Waals surface area contributed by atoms with Crippen LogP contribution in [0.3, 0.4) is 0 Å². The first-order valence-corrected chi connectivity index (χ1v) is 10.9. The van der Waals surface area contributed by atoms with E-state index in [1.54, 1.807) is 0 Å². The Labute approximate surface area is 175 Å². The molecule has 6 rings (SSSR count). The number of nitriles is 1. The molecule has 0 spiro atoms. The Hall–Kier alpha value is -2.28. The van der Waals surface area contributed by atoms with Crippen molar-refractivity contribution in [2.75, 3.05) is 43.4 Å². The van der Waals surface area contributed by atoms with E-state index in [0.717, 1.165) is 48.3 Å². The van der Waals surface area contributed by atoms with Crippen molar-refractivity contribution in [3.63, 3.8) is 0 Å². The first-order valence-electron chi connectivity index (χ1n) is 10.1. The Morgan fingerprint density at radius 3 is 2.69 bits per heavy atom. The van der Waals surface area contributed by atoms with E-state index >= 15 is 0 Å². The summed E-state index contributed by atoms with van der Waals surface area (Å²) in [5.74, 6) is 1.55. The molecule has 2 unspecified atom stereocenters. The first kappa shape index (κ1) is 18.7. The molecule has 4 fully saturated rings. The lowest BCUT2D eigenvalue weighted by atomic mass is 9.79. The monoisotopic (exact) mass is 410 g/mol. The van der Waals surface area contributed by atoms with E-state index in [1.165, 1.54) is 18.0 Å². The zero-order valence-corrected chi connectivity index (χ0v) is 17.9. The van der Waals surface area contributed by atoms with Crippen molar-refractivity contribution in [1.82, 2.24) is 24.1 Å². The molecule has 8 nitrogen and oxygen atoms in total. The second kappa shape index (κ2) is 6.90. The van der Waals surface area contributed by atoms with Gasteiger partial charge in [0.15, 0.2) is 0 Å². The second-order valence-electron chi connectivity index (χ2n) is 8.69. The third-order valence-corrected chi connectivity index (χ3v) is 7.51. The van der Waals surface area contributed by atoms with Crippen LogP contribution in [0.25, 0.3) is 0 Å². The van der Waals surface area contributed by atoms with E-state index in [9.17, 15) is 5.26 Å². The SMILES string of the molecule is Cc1cc(Nc2ncc(C)c(N3CC(CC#N)(N4CC5CC(C4)N5C)C3)n2)sn1. The van der Waals surface area contributed by atoms with E-state index < -0.39 is 0 Å². The highest BCUT2D eigenvalue weighted by atomic mass is 32.1. The van der Waals surface area contributed by atoms with Gasteiger partial charge in [-0.2, -0.15) is 14.6 Å². The van der Waals surface area contributed by atoms with Gasteiger partial charge in [0.25, 0.3) is 0 Å². The number of anilines is 3. The summed E-state index contributed by atoms with van der Waals surface area (Å²) in [7, 11) is 2.23. The average Bonchev–Trinajstić information content (AvgIpc) is 3.10. The number of piperidine rings is 1. The molecule has 152 valence electrons. The van der Waals surface area contributed by atoms with Crippen LogP contribution in [0.1, 0.15) is 24.1 Å². The number of nitrogens with zero attached hydrogens (tertiary/aromatic N) is 7. The molecule has 4 saturated heterocycles. The highest BCUT2D eigenvalue weighted by Crippen LogP contribution is 2.41. The Balaban J connectivity index is 1.32. The largest absolute Gasteiger partial charge is 0.352 e. The van der Waals surface area contributed by atoms with Crippen molar-refractivity contribution < 1.29 is 0 Å². The third-order valence-electron chi connectivity index (χ3n) is 6.72. The maximum absolute atomic E-state index is 9.50. The van der Waals surface area contributed by atoms with E-state index in [4.69, 9.17) is 4.98 Å². The molecule has 29 heavy (non-hydrogen) atoms. The molecule has 0 aliphatic carbocycles. The fourth-order valence-electron chi connectivity index (χ4n) is 4.91. The summed E-state index contributed by atoms with van der Waals surface area (Å²) in [5.41, 5.74) is 1.99. The lowest BCUT2D eigenvalue weighted by Crippen LogP contribution is -2.78. The van der Waals surface area contributed by atoms with Crippen molar-refractivity contribution in [2.24, 2.45) is 0 Å². The van der Waals surface area contributed by atoms with Gasteiger partial charge >= 0.3 is 0 Å². The Morgan fingerprint density at radius 1 is 1.31 bits per heavy atom. The van der Waals surface area contributed by atoms with Crippen molar-refractivity contribution in [2.45, 2.75) is 44.3 Å². The van der Waals surface area contributed by atoms with Crippen LogP contribution in [0.4, 0.5) is 16.8 Å². The van der Waals surface area contributed by atoms with Crippen molar-refractivity contribution >= 4 is 28.3 Å². The highest BCUT2D eigenvalue weighted by Gasteiger charge is 2.54. The van der Waals surface area contributed by atoms with E-state index in [1.807, 2.05) is 26.1 Å². The van der Waals surface area contributed by atoms with Crippen molar-refractivity contribution in [1.29, 1.82) is 5.26 Å². The maximum atomic E-state index is 9.50. The minimum Gasteiger partial charge on any atom is -0.352 e. The fraction of sp³-hybridized carbons (Fsp3) is 0.600. The van der Waals surface area contributed by atoms with Gasteiger partial charge in [0.2, 0.25) is 5.95 Å². The minimum atomic E-state index is -0.0489. The van der Waals surface area contributed by atoms with Gasteiger partial charge in [0.05, 0.1) is 23.7 Å². The van der Waals surface area contributed by atoms with Crippen LogP contribution in [0.2, 0.25) is 0 Å². The standard InChI is InChI=1S/C20H26N8S/c1-13-8-22-19(23-17-6-14(2)25-29-17)24-18(13)27-11-20(12-27,4-5-21)28-9-15-7-16(10-28)26(15)3/h6,8,15-16H,4,7,9-12H2,1-3H3,(H,22,23,24). The van der Waals surface area contributed by atoms with Crippen molar-refractivity contribution in [3.05, 3.63) is 23.5 Å². The molecule has 2 aromatic heterocycles. The van der Waals surface area contributed by atoms with Gasteiger partial charge in [-0.15, -0.1) is 0 Å². The summed E-state index contributed by atoms with van der Waals surface area (Å²) in [6.07, 6.45) is 3.74. The molecular weight excluding hydrogens is 384 g/mol. The predicted octanol–water partition coefficient (Wildman–Crippen LogP) is 2.15. The molecule has 9 heteroatoms. The van der Waals surface area contributed by atoms with Gasteiger partial charge in [0.1, 0.15) is 10.8 Å². The minimum absolute atomic E-state index is 0.0489. The summed E-state index contributed by atoms with van der Waals surface area (Å²) < 4.78 is 4.30. The zero-order valence-electron chi connectivity index (χ0n) is 17.1. The molecule has 6 heterocycles. The van der Waals surface area contributed by atoms with Crippen LogP contribution in [-0.2, 0) is 0 Å². The fourth-order valence-corrected chi connectivity index (χ4v) is 5.57. The Kier molecular flexibility index (Phi) is 4.46. The molecule has 0 aromatic carbocycles. The summed E-state index contributed by atoms with van der Waals surface area (Å²) in [6.45, 7) is 7.86. The number of aryl methyl sites for hydroxylation is 2.